The molecule has 2 aliphatic rings. The molecule has 1 unspecified atom stereocenters. The second kappa shape index (κ2) is 19.6. The van der Waals surface area contributed by atoms with Crippen LogP contribution in [0.1, 0.15) is 52.5 Å². The average Bonchev–Trinajstić information content (AvgIpc) is 3.94. The lowest BCUT2D eigenvalue weighted by molar-refractivity contribution is 0.0843. The zero-order valence-electron chi connectivity index (χ0n) is 35.9. The van der Waals surface area contributed by atoms with E-state index in [9.17, 15) is 0 Å². The van der Waals surface area contributed by atoms with Crippen molar-refractivity contribution in [2.24, 2.45) is 11.3 Å². The summed E-state index contributed by atoms with van der Waals surface area (Å²) in [6.45, 7) is 27.4. The van der Waals surface area contributed by atoms with Crippen molar-refractivity contribution in [3.8, 4) is 0 Å². The van der Waals surface area contributed by atoms with Gasteiger partial charge in [-0.15, -0.1) is 11.3 Å². The number of benzene rings is 1. The van der Waals surface area contributed by atoms with Crippen molar-refractivity contribution in [2.75, 3.05) is 52.6 Å². The Labute approximate surface area is 344 Å². The molecule has 308 valence electrons. The number of likely N-dealkylation sites (tertiary alicyclic amines) is 2. The molecule has 0 radical (unpaired) electrons. The van der Waals surface area contributed by atoms with Crippen molar-refractivity contribution in [1.29, 1.82) is 0 Å². The van der Waals surface area contributed by atoms with Crippen molar-refractivity contribution < 1.29 is 9.47 Å². The van der Waals surface area contributed by atoms with Gasteiger partial charge in [0.2, 0.25) is 0 Å². The van der Waals surface area contributed by atoms with Crippen molar-refractivity contribution in [1.82, 2.24) is 33.8 Å². The molecule has 0 bridgehead atoms. The number of hydrogen-bond donors (Lipinski definition) is 0. The molecule has 3 aromatic heterocycles. The lowest BCUT2D eigenvalue weighted by atomic mass is 9.78. The molecule has 5 heterocycles. The Morgan fingerprint density at radius 2 is 1.39 bits per heavy atom. The zero-order chi connectivity index (χ0) is 39.8. The van der Waals surface area contributed by atoms with Crippen LogP contribution in [0, 0.1) is 18.3 Å². The molecule has 9 nitrogen and oxygen atoms in total. The van der Waals surface area contributed by atoms with Crippen LogP contribution in [0.5, 0.6) is 0 Å². The molecule has 4 aromatic rings. The molecule has 0 saturated carbocycles. The van der Waals surface area contributed by atoms with Crippen LogP contribution in [0.4, 0.5) is 0 Å². The molecule has 56 heavy (non-hydrogen) atoms. The molecule has 1 aromatic carbocycles. The van der Waals surface area contributed by atoms with Crippen LogP contribution in [-0.4, -0.2) is 103 Å². The van der Waals surface area contributed by atoms with Crippen molar-refractivity contribution in [3.05, 3.63) is 93.7 Å². The van der Waals surface area contributed by atoms with E-state index in [4.69, 9.17) is 19.4 Å². The first-order valence-corrected chi connectivity index (χ1v) is 29.4. The minimum Gasteiger partial charge on any atom is -0.364 e. The standard InChI is InChI=1S/C44H71N7O2SSi2/c1-37-13-25-54-41(37)32-48-19-14-44(15-20-48)16-21-49(33-44)31-39-11-9-38(10-12-39)29-47(2)30-40(28-43-46-18-23-51(43)35-53-36-56(6,7)8)27-42-45-17-22-50(42)34-52-24-26-55(3,4)5/h9-13,17-18,22-23,25,40H,14-16,19-21,24,26-36H2,1-8H3. The SMILES string of the molecule is Cc1ccsc1CN1CCC2(CC1)CCN(Cc1ccc(CN(C)CC(Cc3nccn3COCC[Si](C)(C)C)Cc3nccn3COC[Si](C)(C)C)cc1)C2. The second-order valence-electron chi connectivity index (χ2n) is 19.6. The van der Waals surface area contributed by atoms with Crippen molar-refractivity contribution in [2.45, 2.75) is 117 Å². The zero-order valence-corrected chi connectivity index (χ0v) is 38.8. The summed E-state index contributed by atoms with van der Waals surface area (Å²) in [6.07, 6.45) is 14.6. The normalized spacial score (nSPS) is 17.4. The number of nitrogens with zero attached hydrogens (tertiary/aromatic N) is 7. The predicted molar refractivity (Wildman–Crippen MR) is 237 cm³/mol. The number of piperidine rings is 1. The Morgan fingerprint density at radius 3 is 1.98 bits per heavy atom. The maximum Gasteiger partial charge on any atom is 0.123 e. The molecule has 0 amide bonds. The fourth-order valence-electron chi connectivity index (χ4n) is 8.35. The van der Waals surface area contributed by atoms with Gasteiger partial charge in [0, 0.05) is 96.1 Å². The number of thiophene rings is 1. The summed E-state index contributed by atoms with van der Waals surface area (Å²) in [5.41, 5.74) is 4.76. The Morgan fingerprint density at radius 1 is 0.786 bits per heavy atom. The highest BCUT2D eigenvalue weighted by Gasteiger charge is 2.40. The van der Waals surface area contributed by atoms with E-state index < -0.39 is 16.1 Å². The van der Waals surface area contributed by atoms with E-state index in [1.54, 1.807) is 4.88 Å². The predicted octanol–water partition coefficient (Wildman–Crippen LogP) is 8.63. The van der Waals surface area contributed by atoms with Crippen LogP contribution < -0.4 is 0 Å². The molecule has 6 rings (SSSR count). The summed E-state index contributed by atoms with van der Waals surface area (Å²) < 4.78 is 16.7. The van der Waals surface area contributed by atoms with Gasteiger partial charge in [0.1, 0.15) is 25.1 Å². The third kappa shape index (κ3) is 13.3. The fraction of sp³-hybridized carbons (Fsp3) is 0.636. The van der Waals surface area contributed by atoms with Gasteiger partial charge in [-0.1, -0.05) is 63.5 Å². The lowest BCUT2D eigenvalue weighted by Gasteiger charge is -2.39. The summed E-state index contributed by atoms with van der Waals surface area (Å²) in [7, 11) is -0.177. The smallest absolute Gasteiger partial charge is 0.123 e. The highest BCUT2D eigenvalue weighted by Crippen LogP contribution is 2.41. The minimum atomic E-state index is -1.29. The van der Waals surface area contributed by atoms with E-state index in [-0.39, 0.29) is 0 Å². The van der Waals surface area contributed by atoms with Gasteiger partial charge in [0.25, 0.3) is 0 Å². The number of rotatable bonds is 21. The molecular weight excluding hydrogens is 747 g/mol. The molecule has 2 saturated heterocycles. The summed E-state index contributed by atoms with van der Waals surface area (Å²) in [5, 5.41) is 2.24. The van der Waals surface area contributed by atoms with Crippen LogP contribution in [-0.2, 0) is 55.4 Å². The van der Waals surface area contributed by atoms with Crippen molar-refractivity contribution in [3.63, 3.8) is 0 Å². The Bertz CT molecular complexity index is 1770. The highest BCUT2D eigenvalue weighted by atomic mass is 32.1. The third-order valence-electron chi connectivity index (χ3n) is 11.8. The number of imidazole rings is 2. The topological polar surface area (TPSA) is 63.8 Å². The summed E-state index contributed by atoms with van der Waals surface area (Å²) in [6, 6.07) is 12.9. The number of ether oxygens (including phenoxy) is 2. The molecule has 2 fully saturated rings. The van der Waals surface area contributed by atoms with Crippen LogP contribution in [0.3, 0.4) is 0 Å². The Hall–Kier alpha value is -2.43. The molecule has 2 aliphatic heterocycles. The van der Waals surface area contributed by atoms with Crippen LogP contribution in [0.2, 0.25) is 45.3 Å². The van der Waals surface area contributed by atoms with E-state index in [1.807, 2.05) is 23.7 Å². The minimum absolute atomic E-state index is 0.328. The molecule has 1 atom stereocenters. The van der Waals surface area contributed by atoms with Gasteiger partial charge in [0.05, 0.1) is 8.07 Å². The number of aryl methyl sites for hydroxylation is 1. The van der Waals surface area contributed by atoms with Crippen LogP contribution in [0.25, 0.3) is 0 Å². The van der Waals surface area contributed by atoms with Gasteiger partial charge >= 0.3 is 0 Å². The van der Waals surface area contributed by atoms with Gasteiger partial charge in [0.15, 0.2) is 0 Å². The first-order chi connectivity index (χ1) is 26.7. The second-order valence-corrected chi connectivity index (χ2v) is 31.6. The number of hydrogen-bond acceptors (Lipinski definition) is 8. The Kier molecular flexibility index (Phi) is 15.1. The molecule has 12 heteroatoms. The fourth-order valence-corrected chi connectivity index (χ4v) is 10.8. The van der Waals surface area contributed by atoms with E-state index in [0.717, 1.165) is 63.5 Å². The van der Waals surface area contributed by atoms with E-state index in [1.165, 1.54) is 68.2 Å². The lowest BCUT2D eigenvalue weighted by Crippen LogP contribution is -2.41. The molecule has 0 N–H and O–H groups in total. The summed E-state index contributed by atoms with van der Waals surface area (Å²) >= 11 is 1.92. The molecule has 0 aliphatic carbocycles. The number of aromatic nitrogens is 4. The van der Waals surface area contributed by atoms with Crippen molar-refractivity contribution >= 4 is 27.5 Å². The van der Waals surface area contributed by atoms with Gasteiger partial charge < -0.3 is 23.5 Å². The average molecular weight is 818 g/mol. The molecular formula is C44H71N7O2SSi2. The first-order valence-electron chi connectivity index (χ1n) is 21.1. The monoisotopic (exact) mass is 817 g/mol. The summed E-state index contributed by atoms with van der Waals surface area (Å²) in [4.78, 5) is 19.1. The molecule has 1 spiro atoms. The maximum atomic E-state index is 6.17. The quantitative estimate of drug-likeness (QED) is 0.0617. The summed E-state index contributed by atoms with van der Waals surface area (Å²) in [5.74, 6) is 2.49. The largest absolute Gasteiger partial charge is 0.364 e. The van der Waals surface area contributed by atoms with E-state index in [2.05, 4.69) is 125 Å². The first kappa shape index (κ1) is 43.2. The van der Waals surface area contributed by atoms with Crippen LogP contribution in [0.15, 0.2) is 60.5 Å². The highest BCUT2D eigenvalue weighted by molar-refractivity contribution is 7.10. The van der Waals surface area contributed by atoms with Gasteiger partial charge in [-0.3, -0.25) is 9.80 Å². The Balaban J connectivity index is 1.02. The van der Waals surface area contributed by atoms with E-state index >= 15 is 0 Å². The maximum absolute atomic E-state index is 6.17. The van der Waals surface area contributed by atoms with Gasteiger partial charge in [-0.05, 0) is 98.4 Å². The van der Waals surface area contributed by atoms with Crippen LogP contribution >= 0.6 is 11.3 Å². The van der Waals surface area contributed by atoms with E-state index in [0.29, 0.717) is 24.8 Å². The van der Waals surface area contributed by atoms with Gasteiger partial charge in [-0.25, -0.2) is 9.97 Å². The van der Waals surface area contributed by atoms with Gasteiger partial charge in [-0.2, -0.15) is 0 Å². The third-order valence-corrected chi connectivity index (χ3v) is 15.5.